The van der Waals surface area contributed by atoms with Crippen molar-refractivity contribution in [2.45, 2.75) is 37.4 Å². The Bertz CT molecular complexity index is 740. The summed E-state index contributed by atoms with van der Waals surface area (Å²) in [7, 11) is 0.290. The topological polar surface area (TPSA) is 72.5 Å². The Morgan fingerprint density at radius 1 is 1.33 bits per heavy atom. The summed E-state index contributed by atoms with van der Waals surface area (Å²) < 4.78 is 27.5. The fourth-order valence-corrected chi connectivity index (χ4v) is 6.39. The fourth-order valence-electron chi connectivity index (χ4n) is 2.59. The summed E-state index contributed by atoms with van der Waals surface area (Å²) in [6.07, 6.45) is 6.40. The summed E-state index contributed by atoms with van der Waals surface area (Å²) in [6, 6.07) is 4.92. The number of fused-ring (bicyclic) bond motifs is 1. The molecule has 24 heavy (non-hydrogen) atoms. The Balaban J connectivity index is 1.46. The maximum atomic E-state index is 12.0. The molecule has 1 N–H and O–H groups in total. The lowest BCUT2D eigenvalue weighted by Gasteiger charge is -2.13. The lowest BCUT2D eigenvalue weighted by atomic mass is 10.1. The fraction of sp³-hybridized carbons (Fsp3) is 0.438. The van der Waals surface area contributed by atoms with Crippen molar-refractivity contribution in [1.82, 2.24) is 0 Å². The van der Waals surface area contributed by atoms with Gasteiger partial charge in [0.1, 0.15) is 5.75 Å². The molecule has 1 aromatic carbocycles. The molecular formula is C16H19NO4S3. The van der Waals surface area contributed by atoms with E-state index >= 15 is 0 Å². The maximum absolute atomic E-state index is 12.0. The largest absolute Gasteiger partial charge is 0.379 e. The molecule has 5 nitrogen and oxygen atoms in total. The minimum Gasteiger partial charge on any atom is -0.379 e. The molecular weight excluding hydrogens is 366 g/mol. The minimum atomic E-state index is -3.63. The van der Waals surface area contributed by atoms with E-state index in [2.05, 4.69) is 5.32 Å². The van der Waals surface area contributed by atoms with Gasteiger partial charge in [-0.05, 0) is 43.5 Å². The van der Waals surface area contributed by atoms with Gasteiger partial charge in [-0.25, -0.2) is 0 Å². The standard InChI is InChI=1S/C16H19NO4S3/c18-16(4-2-1-3-14-7-9-22-23-14)17-13-5-6-15-12(11-13)8-10-24(19,20)21-15/h5-6,8,10-11,14H,1-4,7,9H2,(H,17,18). The van der Waals surface area contributed by atoms with E-state index in [1.807, 2.05) is 21.6 Å². The smallest absolute Gasteiger partial charge is 0.332 e. The number of hydrogen-bond acceptors (Lipinski definition) is 6. The van der Waals surface area contributed by atoms with Gasteiger partial charge in [0.15, 0.2) is 0 Å². The van der Waals surface area contributed by atoms with Gasteiger partial charge in [-0.1, -0.05) is 28.0 Å². The van der Waals surface area contributed by atoms with Crippen LogP contribution < -0.4 is 9.50 Å². The first-order valence-corrected chi connectivity index (χ1v) is 11.7. The summed E-state index contributed by atoms with van der Waals surface area (Å²) in [5, 5.41) is 4.62. The average Bonchev–Trinajstić information content (AvgIpc) is 3.04. The molecule has 0 aromatic heterocycles. The Kier molecular flexibility index (Phi) is 5.78. The number of hydrogen-bond donors (Lipinski definition) is 1. The molecule has 1 fully saturated rings. The summed E-state index contributed by atoms with van der Waals surface area (Å²) >= 11 is 0. The van der Waals surface area contributed by atoms with Crippen molar-refractivity contribution in [2.24, 2.45) is 0 Å². The van der Waals surface area contributed by atoms with Crippen molar-refractivity contribution in [3.63, 3.8) is 0 Å². The van der Waals surface area contributed by atoms with Crippen molar-refractivity contribution >= 4 is 49.4 Å². The van der Waals surface area contributed by atoms with Crippen LogP contribution in [0.1, 0.15) is 37.7 Å². The molecule has 2 heterocycles. The minimum absolute atomic E-state index is 0.0169. The van der Waals surface area contributed by atoms with E-state index in [0.717, 1.165) is 23.5 Å². The Hall–Kier alpha value is -1.12. The Labute approximate surface area is 150 Å². The van der Waals surface area contributed by atoms with Crippen LogP contribution in [0.3, 0.4) is 0 Å². The van der Waals surface area contributed by atoms with Crippen LogP contribution in [0.5, 0.6) is 5.75 Å². The van der Waals surface area contributed by atoms with E-state index in [-0.39, 0.29) is 11.7 Å². The van der Waals surface area contributed by atoms with Gasteiger partial charge in [-0.3, -0.25) is 4.79 Å². The first kappa shape index (κ1) is 17.7. The highest BCUT2D eigenvalue weighted by atomic mass is 33.1. The first-order valence-electron chi connectivity index (χ1n) is 7.87. The predicted octanol–water partition coefficient (Wildman–Crippen LogP) is 4.03. The monoisotopic (exact) mass is 385 g/mol. The highest BCUT2D eigenvalue weighted by Crippen LogP contribution is 2.39. The van der Waals surface area contributed by atoms with Gasteiger partial charge in [-0.15, -0.1) is 0 Å². The number of rotatable bonds is 6. The van der Waals surface area contributed by atoms with Gasteiger partial charge in [-0.2, -0.15) is 8.42 Å². The average molecular weight is 386 g/mol. The number of carbonyl (C=O) groups is 1. The number of amides is 1. The molecule has 0 saturated carbocycles. The molecule has 3 rings (SSSR count). The van der Waals surface area contributed by atoms with E-state index in [1.54, 1.807) is 18.2 Å². The molecule has 0 bridgehead atoms. The summed E-state index contributed by atoms with van der Waals surface area (Å²) in [5.41, 5.74) is 1.28. The van der Waals surface area contributed by atoms with Crippen LogP contribution in [-0.4, -0.2) is 25.3 Å². The van der Waals surface area contributed by atoms with E-state index in [0.29, 0.717) is 17.7 Å². The lowest BCUT2D eigenvalue weighted by Crippen LogP contribution is -2.13. The molecule has 8 heteroatoms. The van der Waals surface area contributed by atoms with Crippen LogP contribution in [0.2, 0.25) is 0 Å². The Morgan fingerprint density at radius 3 is 3.00 bits per heavy atom. The molecule has 0 spiro atoms. The molecule has 2 aliphatic heterocycles. The van der Waals surface area contributed by atoms with Gasteiger partial charge in [0.25, 0.3) is 0 Å². The van der Waals surface area contributed by atoms with Gasteiger partial charge >= 0.3 is 10.1 Å². The second-order valence-electron chi connectivity index (χ2n) is 5.75. The number of nitrogens with one attached hydrogen (secondary N) is 1. The van der Waals surface area contributed by atoms with E-state index in [1.165, 1.54) is 24.7 Å². The van der Waals surface area contributed by atoms with Gasteiger partial charge in [0.2, 0.25) is 5.91 Å². The SMILES string of the molecule is O=C(CCCCC1CCSS1)Nc1ccc2c(c1)C=CS(=O)(=O)O2. The zero-order valence-electron chi connectivity index (χ0n) is 13.1. The van der Waals surface area contributed by atoms with Gasteiger partial charge in [0, 0.05) is 28.7 Å². The normalized spacial score (nSPS) is 21.1. The van der Waals surface area contributed by atoms with Crippen molar-refractivity contribution in [3.05, 3.63) is 29.2 Å². The molecule has 0 radical (unpaired) electrons. The number of unbranched alkanes of at least 4 members (excludes halogenated alkanes) is 1. The van der Waals surface area contributed by atoms with Crippen LogP contribution in [0.15, 0.2) is 23.6 Å². The highest BCUT2D eigenvalue weighted by Gasteiger charge is 2.18. The quantitative estimate of drug-likeness (QED) is 0.453. The molecule has 1 amide bonds. The van der Waals surface area contributed by atoms with Crippen molar-refractivity contribution < 1.29 is 17.4 Å². The van der Waals surface area contributed by atoms with Gasteiger partial charge in [0.05, 0.1) is 5.41 Å². The van der Waals surface area contributed by atoms with E-state index in [9.17, 15) is 13.2 Å². The van der Waals surface area contributed by atoms with E-state index < -0.39 is 10.1 Å². The molecule has 0 aliphatic carbocycles. The third-order valence-corrected chi connectivity index (χ3v) is 7.71. The first-order chi connectivity index (χ1) is 11.5. The summed E-state index contributed by atoms with van der Waals surface area (Å²) in [6.45, 7) is 0. The van der Waals surface area contributed by atoms with E-state index in [4.69, 9.17) is 4.18 Å². The zero-order chi connectivity index (χ0) is 17.0. The van der Waals surface area contributed by atoms with Crippen LogP contribution in [-0.2, 0) is 14.9 Å². The lowest BCUT2D eigenvalue weighted by molar-refractivity contribution is -0.116. The number of carbonyl (C=O) groups excluding carboxylic acids is 1. The maximum Gasteiger partial charge on any atom is 0.332 e. The molecule has 1 saturated heterocycles. The molecule has 1 aromatic rings. The molecule has 1 unspecified atom stereocenters. The van der Waals surface area contributed by atoms with Crippen molar-refractivity contribution in [2.75, 3.05) is 11.1 Å². The third-order valence-electron chi connectivity index (χ3n) is 3.82. The van der Waals surface area contributed by atoms with Crippen LogP contribution in [0.25, 0.3) is 6.08 Å². The summed E-state index contributed by atoms with van der Waals surface area (Å²) in [5.74, 6) is 1.51. The highest BCUT2D eigenvalue weighted by molar-refractivity contribution is 8.77. The zero-order valence-corrected chi connectivity index (χ0v) is 15.5. The summed E-state index contributed by atoms with van der Waals surface area (Å²) in [4.78, 5) is 12.0. The number of benzene rings is 1. The van der Waals surface area contributed by atoms with Crippen LogP contribution in [0, 0.1) is 0 Å². The number of anilines is 1. The van der Waals surface area contributed by atoms with Gasteiger partial charge < -0.3 is 9.50 Å². The van der Waals surface area contributed by atoms with Crippen LogP contribution in [0.4, 0.5) is 5.69 Å². The predicted molar refractivity (Wildman–Crippen MR) is 101 cm³/mol. The van der Waals surface area contributed by atoms with Crippen molar-refractivity contribution in [3.8, 4) is 5.75 Å². The third kappa shape index (κ3) is 4.94. The molecule has 2 aliphatic rings. The second kappa shape index (κ2) is 7.84. The molecule has 1 atom stereocenters. The van der Waals surface area contributed by atoms with Crippen molar-refractivity contribution in [1.29, 1.82) is 0 Å². The Morgan fingerprint density at radius 2 is 2.21 bits per heavy atom. The van der Waals surface area contributed by atoms with Crippen LogP contribution >= 0.6 is 21.6 Å². The molecule has 130 valence electrons. The second-order valence-corrected chi connectivity index (χ2v) is 9.97.